The Morgan fingerprint density at radius 1 is 0.750 bits per heavy atom. The molecule has 0 aromatic rings. The average molecular weight is 153 g/mol. The highest BCUT2D eigenvalue weighted by atomic mass is 35.5. The lowest BCUT2D eigenvalue weighted by molar-refractivity contribution is 0.518. The molecular formula is C6H10Cl2. The molecule has 1 aliphatic carbocycles. The summed E-state index contributed by atoms with van der Waals surface area (Å²) in [7, 11) is 0. The van der Waals surface area contributed by atoms with E-state index in [1.165, 1.54) is 0 Å². The molecule has 0 aliphatic heterocycles. The fourth-order valence-corrected chi connectivity index (χ4v) is 1.52. The fraction of sp³-hybridized carbons (Fsp3) is 1.00. The van der Waals surface area contributed by atoms with Crippen LogP contribution in [-0.4, -0.2) is 10.8 Å². The summed E-state index contributed by atoms with van der Waals surface area (Å²) >= 11 is 11.6. The summed E-state index contributed by atoms with van der Waals surface area (Å²) in [5.41, 5.74) is 0. The van der Waals surface area contributed by atoms with Gasteiger partial charge in [-0.3, -0.25) is 0 Å². The van der Waals surface area contributed by atoms with Crippen LogP contribution in [-0.2, 0) is 0 Å². The van der Waals surface area contributed by atoms with Crippen LogP contribution in [0.5, 0.6) is 0 Å². The molecule has 0 radical (unpaired) electrons. The Bertz CT molecular complexity index is 54.9. The Morgan fingerprint density at radius 3 is 1.25 bits per heavy atom. The predicted octanol–water partition coefficient (Wildman–Crippen LogP) is 2.78. The number of rotatable bonds is 0. The van der Waals surface area contributed by atoms with Crippen molar-refractivity contribution in [3.63, 3.8) is 0 Å². The topological polar surface area (TPSA) is 0 Å². The molecule has 48 valence electrons. The highest BCUT2D eigenvalue weighted by molar-refractivity contribution is 6.22. The average Bonchev–Trinajstić information content (AvgIpc) is 1.77. The first-order valence-corrected chi connectivity index (χ1v) is 3.94. The smallest absolute Gasteiger partial charge is 0.0337 e. The summed E-state index contributed by atoms with van der Waals surface area (Å²) < 4.78 is 0. The van der Waals surface area contributed by atoms with E-state index in [-0.39, 0.29) is 0 Å². The van der Waals surface area contributed by atoms with E-state index >= 15 is 0 Å². The van der Waals surface area contributed by atoms with Crippen LogP contribution in [0.3, 0.4) is 0 Å². The van der Waals surface area contributed by atoms with Crippen molar-refractivity contribution in [1.82, 2.24) is 0 Å². The van der Waals surface area contributed by atoms with Crippen molar-refractivity contribution in [2.75, 3.05) is 0 Å². The van der Waals surface area contributed by atoms with Gasteiger partial charge in [-0.1, -0.05) is 0 Å². The number of halogens is 2. The molecule has 1 fully saturated rings. The molecule has 0 bridgehead atoms. The van der Waals surface area contributed by atoms with Crippen molar-refractivity contribution >= 4 is 23.2 Å². The number of alkyl halides is 2. The van der Waals surface area contributed by atoms with Crippen molar-refractivity contribution < 1.29 is 0 Å². The minimum Gasteiger partial charge on any atom is -0.123 e. The molecule has 0 saturated heterocycles. The van der Waals surface area contributed by atoms with E-state index in [9.17, 15) is 0 Å². The van der Waals surface area contributed by atoms with Gasteiger partial charge in [-0.25, -0.2) is 0 Å². The molecule has 0 N–H and O–H groups in total. The normalized spacial score (nSPS) is 39.8. The van der Waals surface area contributed by atoms with Gasteiger partial charge >= 0.3 is 0 Å². The summed E-state index contributed by atoms with van der Waals surface area (Å²) in [5, 5.41) is 0.815. The zero-order valence-electron chi connectivity index (χ0n) is 4.74. The van der Waals surface area contributed by atoms with Crippen molar-refractivity contribution in [2.45, 2.75) is 36.4 Å². The summed E-state index contributed by atoms with van der Waals surface area (Å²) in [6.45, 7) is 0. The van der Waals surface area contributed by atoms with Gasteiger partial charge in [0.15, 0.2) is 0 Å². The maximum atomic E-state index is 5.82. The third-order valence-electron chi connectivity index (χ3n) is 1.59. The van der Waals surface area contributed by atoms with Gasteiger partial charge in [0.05, 0.1) is 0 Å². The van der Waals surface area contributed by atoms with Crippen LogP contribution in [0.25, 0.3) is 0 Å². The molecule has 2 heteroatoms. The molecule has 0 unspecified atom stereocenters. The van der Waals surface area contributed by atoms with Crippen LogP contribution in [0.4, 0.5) is 0 Å². The third-order valence-corrected chi connectivity index (χ3v) is 2.46. The Kier molecular flexibility index (Phi) is 2.45. The van der Waals surface area contributed by atoms with Gasteiger partial charge in [-0.15, -0.1) is 23.2 Å². The summed E-state index contributed by atoms with van der Waals surface area (Å²) in [6, 6.07) is 0. The second-order valence-corrected chi connectivity index (χ2v) is 3.58. The van der Waals surface area contributed by atoms with Gasteiger partial charge in [0, 0.05) is 10.8 Å². The van der Waals surface area contributed by atoms with Crippen LogP contribution in [0, 0.1) is 0 Å². The molecule has 0 heterocycles. The monoisotopic (exact) mass is 152 g/mol. The van der Waals surface area contributed by atoms with Crippen LogP contribution in [0.2, 0.25) is 0 Å². The van der Waals surface area contributed by atoms with Crippen LogP contribution < -0.4 is 0 Å². The molecule has 0 amide bonds. The van der Waals surface area contributed by atoms with E-state index in [1.54, 1.807) is 0 Å². The zero-order valence-corrected chi connectivity index (χ0v) is 6.25. The highest BCUT2D eigenvalue weighted by Gasteiger charge is 2.16. The number of hydrogen-bond acceptors (Lipinski definition) is 0. The molecule has 1 saturated carbocycles. The van der Waals surface area contributed by atoms with E-state index in [0.717, 1.165) is 25.7 Å². The molecular weight excluding hydrogens is 143 g/mol. The first-order chi connectivity index (χ1) is 3.79. The SMILES string of the molecule is ClC1CCC(Cl)CC1. The Labute approximate surface area is 60.2 Å². The van der Waals surface area contributed by atoms with Crippen LogP contribution in [0.1, 0.15) is 25.7 Å². The van der Waals surface area contributed by atoms with E-state index < -0.39 is 0 Å². The van der Waals surface area contributed by atoms with Gasteiger partial charge in [0.2, 0.25) is 0 Å². The standard InChI is InChI=1S/C6H10Cl2/c7-5-1-2-6(8)4-3-5/h5-6H,1-4H2. The molecule has 1 aliphatic rings. The second-order valence-electron chi connectivity index (χ2n) is 2.35. The summed E-state index contributed by atoms with van der Waals surface area (Å²) in [6.07, 6.45) is 4.43. The van der Waals surface area contributed by atoms with E-state index in [1.807, 2.05) is 0 Å². The highest BCUT2D eigenvalue weighted by Crippen LogP contribution is 2.25. The van der Waals surface area contributed by atoms with E-state index in [2.05, 4.69) is 0 Å². The maximum absolute atomic E-state index is 5.82. The van der Waals surface area contributed by atoms with Crippen LogP contribution in [0.15, 0.2) is 0 Å². The lowest BCUT2D eigenvalue weighted by Crippen LogP contribution is -2.13. The molecule has 0 nitrogen and oxygen atoms in total. The molecule has 1 rings (SSSR count). The largest absolute Gasteiger partial charge is 0.123 e. The molecule has 8 heavy (non-hydrogen) atoms. The number of hydrogen-bond donors (Lipinski definition) is 0. The van der Waals surface area contributed by atoms with Crippen molar-refractivity contribution in [3.8, 4) is 0 Å². The second kappa shape index (κ2) is 2.93. The zero-order chi connectivity index (χ0) is 5.98. The van der Waals surface area contributed by atoms with Crippen LogP contribution >= 0.6 is 23.2 Å². The van der Waals surface area contributed by atoms with Crippen molar-refractivity contribution in [3.05, 3.63) is 0 Å². The maximum Gasteiger partial charge on any atom is 0.0337 e. The van der Waals surface area contributed by atoms with Gasteiger partial charge in [-0.05, 0) is 25.7 Å². The van der Waals surface area contributed by atoms with Crippen molar-refractivity contribution in [1.29, 1.82) is 0 Å². The summed E-state index contributed by atoms with van der Waals surface area (Å²) in [5.74, 6) is 0. The predicted molar refractivity (Wildman–Crippen MR) is 37.8 cm³/mol. The third kappa shape index (κ3) is 1.83. The molecule has 0 aromatic heterocycles. The first-order valence-electron chi connectivity index (χ1n) is 3.07. The summed E-state index contributed by atoms with van der Waals surface area (Å²) in [4.78, 5) is 0. The molecule has 0 spiro atoms. The van der Waals surface area contributed by atoms with Gasteiger partial charge < -0.3 is 0 Å². The van der Waals surface area contributed by atoms with E-state index in [4.69, 9.17) is 23.2 Å². The lowest BCUT2D eigenvalue weighted by Gasteiger charge is -2.19. The molecule has 0 aromatic carbocycles. The molecule has 0 atom stereocenters. The van der Waals surface area contributed by atoms with Crippen molar-refractivity contribution in [2.24, 2.45) is 0 Å². The Hall–Kier alpha value is 0.580. The quantitative estimate of drug-likeness (QED) is 0.469. The first kappa shape index (κ1) is 6.70. The van der Waals surface area contributed by atoms with Gasteiger partial charge in [0.25, 0.3) is 0 Å². The minimum absolute atomic E-state index is 0.407. The fourth-order valence-electron chi connectivity index (χ4n) is 1.01. The lowest BCUT2D eigenvalue weighted by atomic mass is 10.00. The van der Waals surface area contributed by atoms with E-state index in [0.29, 0.717) is 10.8 Å². The Balaban J connectivity index is 2.19. The minimum atomic E-state index is 0.407. The Morgan fingerprint density at radius 2 is 1.00 bits per heavy atom. The van der Waals surface area contributed by atoms with Gasteiger partial charge in [-0.2, -0.15) is 0 Å². The van der Waals surface area contributed by atoms with Gasteiger partial charge in [0.1, 0.15) is 0 Å².